The van der Waals surface area contributed by atoms with E-state index in [1.54, 1.807) is 6.07 Å². The van der Waals surface area contributed by atoms with Crippen LogP contribution in [-0.2, 0) is 11.3 Å². The van der Waals surface area contributed by atoms with E-state index in [2.05, 4.69) is 12.2 Å². The minimum atomic E-state index is 0.0422. The summed E-state index contributed by atoms with van der Waals surface area (Å²) in [6.07, 6.45) is 2.23. The second-order valence-corrected chi connectivity index (χ2v) is 4.70. The van der Waals surface area contributed by atoms with E-state index in [9.17, 15) is 5.11 Å². The highest BCUT2D eigenvalue weighted by Crippen LogP contribution is 2.21. The Morgan fingerprint density at radius 2 is 2.25 bits per heavy atom. The molecular formula is C13H19NO2. The maximum atomic E-state index is 9.65. The van der Waals surface area contributed by atoms with Gasteiger partial charge in [-0.25, -0.2) is 0 Å². The Kier molecular flexibility index (Phi) is 3.46. The van der Waals surface area contributed by atoms with Gasteiger partial charge in [-0.15, -0.1) is 0 Å². The molecule has 1 aliphatic heterocycles. The van der Waals surface area contributed by atoms with E-state index < -0.39 is 0 Å². The van der Waals surface area contributed by atoms with Gasteiger partial charge in [0.05, 0.1) is 6.61 Å². The molecule has 16 heavy (non-hydrogen) atoms. The fourth-order valence-corrected chi connectivity index (χ4v) is 2.04. The minimum absolute atomic E-state index is 0.0422. The number of rotatable bonds is 3. The lowest BCUT2D eigenvalue weighted by Gasteiger charge is -2.34. The van der Waals surface area contributed by atoms with Crippen molar-refractivity contribution in [1.82, 2.24) is 5.32 Å². The third-order valence-electron chi connectivity index (χ3n) is 3.14. The van der Waals surface area contributed by atoms with Crippen molar-refractivity contribution in [3.05, 3.63) is 29.8 Å². The molecule has 0 radical (unpaired) electrons. The van der Waals surface area contributed by atoms with E-state index in [-0.39, 0.29) is 5.54 Å². The normalized spacial score (nSPS) is 25.6. The average molecular weight is 221 g/mol. The molecule has 1 saturated heterocycles. The lowest BCUT2D eigenvalue weighted by molar-refractivity contribution is 0.0277. The summed E-state index contributed by atoms with van der Waals surface area (Å²) < 4.78 is 5.48. The molecule has 1 fully saturated rings. The smallest absolute Gasteiger partial charge is 0.120 e. The number of phenols is 1. The van der Waals surface area contributed by atoms with Gasteiger partial charge < -0.3 is 15.2 Å². The second kappa shape index (κ2) is 4.85. The van der Waals surface area contributed by atoms with Gasteiger partial charge in [0.25, 0.3) is 0 Å². The third kappa shape index (κ3) is 2.74. The minimum Gasteiger partial charge on any atom is -0.508 e. The van der Waals surface area contributed by atoms with E-state index >= 15 is 0 Å². The number of benzene rings is 1. The van der Waals surface area contributed by atoms with Crippen LogP contribution < -0.4 is 5.32 Å². The van der Waals surface area contributed by atoms with Crippen molar-refractivity contribution in [3.63, 3.8) is 0 Å². The Labute approximate surface area is 96.4 Å². The van der Waals surface area contributed by atoms with Gasteiger partial charge in [-0.3, -0.25) is 0 Å². The molecule has 2 rings (SSSR count). The van der Waals surface area contributed by atoms with Crippen LogP contribution in [0, 0.1) is 0 Å². The van der Waals surface area contributed by atoms with Crippen LogP contribution in [0.25, 0.3) is 0 Å². The van der Waals surface area contributed by atoms with E-state index in [0.717, 1.165) is 31.6 Å². The third-order valence-corrected chi connectivity index (χ3v) is 3.14. The number of nitrogens with one attached hydrogen (secondary N) is 1. The van der Waals surface area contributed by atoms with Gasteiger partial charge in [-0.05, 0) is 25.8 Å². The first-order valence-corrected chi connectivity index (χ1v) is 5.79. The molecule has 0 amide bonds. The molecule has 1 atom stereocenters. The number of hydrogen-bond acceptors (Lipinski definition) is 3. The zero-order valence-electron chi connectivity index (χ0n) is 9.70. The van der Waals surface area contributed by atoms with Crippen molar-refractivity contribution in [2.24, 2.45) is 0 Å². The first-order valence-electron chi connectivity index (χ1n) is 5.79. The van der Waals surface area contributed by atoms with Crippen molar-refractivity contribution in [1.29, 1.82) is 0 Å². The molecule has 1 heterocycles. The molecule has 0 saturated carbocycles. The SMILES string of the molecule is CC1(NCc2ccccc2O)CCCOC1. The number of para-hydroxylation sites is 1. The van der Waals surface area contributed by atoms with Gasteiger partial charge in [0.1, 0.15) is 5.75 Å². The van der Waals surface area contributed by atoms with Crippen LogP contribution in [-0.4, -0.2) is 23.9 Å². The highest BCUT2D eigenvalue weighted by atomic mass is 16.5. The molecule has 1 aliphatic rings. The van der Waals surface area contributed by atoms with Gasteiger partial charge in [0, 0.05) is 24.3 Å². The van der Waals surface area contributed by atoms with Gasteiger partial charge in [0.15, 0.2) is 0 Å². The maximum absolute atomic E-state index is 9.65. The van der Waals surface area contributed by atoms with Crippen LogP contribution in [0.5, 0.6) is 5.75 Å². The standard InChI is InChI=1S/C13H19NO2/c1-13(7-4-8-16-10-13)14-9-11-5-2-3-6-12(11)15/h2-3,5-6,14-15H,4,7-10H2,1H3. The van der Waals surface area contributed by atoms with Gasteiger partial charge >= 0.3 is 0 Å². The fourth-order valence-electron chi connectivity index (χ4n) is 2.04. The topological polar surface area (TPSA) is 41.5 Å². The van der Waals surface area contributed by atoms with Gasteiger partial charge in [-0.2, -0.15) is 0 Å². The van der Waals surface area contributed by atoms with Crippen molar-refractivity contribution < 1.29 is 9.84 Å². The molecule has 1 unspecified atom stereocenters. The number of aromatic hydroxyl groups is 1. The molecule has 1 aromatic rings. The van der Waals surface area contributed by atoms with Crippen LogP contribution in [0.2, 0.25) is 0 Å². The zero-order valence-corrected chi connectivity index (χ0v) is 9.70. The van der Waals surface area contributed by atoms with Gasteiger partial charge in [-0.1, -0.05) is 18.2 Å². The Morgan fingerprint density at radius 3 is 2.94 bits per heavy atom. The molecule has 0 bridgehead atoms. The summed E-state index contributed by atoms with van der Waals surface area (Å²) in [6.45, 7) is 4.48. The summed E-state index contributed by atoms with van der Waals surface area (Å²) in [6, 6.07) is 7.44. The first-order chi connectivity index (χ1) is 7.70. The number of phenolic OH excluding ortho intramolecular Hbond substituents is 1. The van der Waals surface area contributed by atoms with Crippen molar-refractivity contribution in [3.8, 4) is 5.75 Å². The summed E-state index contributed by atoms with van der Waals surface area (Å²) in [5, 5.41) is 13.1. The van der Waals surface area contributed by atoms with Crippen molar-refractivity contribution >= 4 is 0 Å². The highest BCUT2D eigenvalue weighted by Gasteiger charge is 2.26. The molecule has 1 aromatic carbocycles. The molecule has 0 spiro atoms. The largest absolute Gasteiger partial charge is 0.508 e. The van der Waals surface area contributed by atoms with Crippen LogP contribution in [0.4, 0.5) is 0 Å². The van der Waals surface area contributed by atoms with Gasteiger partial charge in [0.2, 0.25) is 0 Å². The quantitative estimate of drug-likeness (QED) is 0.820. The van der Waals surface area contributed by atoms with Crippen LogP contribution >= 0.6 is 0 Å². The molecule has 3 nitrogen and oxygen atoms in total. The van der Waals surface area contributed by atoms with Crippen molar-refractivity contribution in [2.45, 2.75) is 31.8 Å². The maximum Gasteiger partial charge on any atom is 0.120 e. The van der Waals surface area contributed by atoms with E-state index in [0.29, 0.717) is 12.3 Å². The van der Waals surface area contributed by atoms with E-state index in [4.69, 9.17) is 4.74 Å². The number of hydrogen-bond donors (Lipinski definition) is 2. The summed E-state index contributed by atoms with van der Waals surface area (Å²) in [5.41, 5.74) is 0.981. The first kappa shape index (κ1) is 11.4. The Morgan fingerprint density at radius 1 is 1.44 bits per heavy atom. The lowest BCUT2D eigenvalue weighted by Crippen LogP contribution is -2.48. The Bertz CT molecular complexity index is 346. The fraction of sp³-hybridized carbons (Fsp3) is 0.538. The lowest BCUT2D eigenvalue weighted by atomic mass is 9.94. The average Bonchev–Trinajstić information content (AvgIpc) is 2.29. The summed E-state index contributed by atoms with van der Waals surface area (Å²) in [5.74, 6) is 0.357. The highest BCUT2D eigenvalue weighted by molar-refractivity contribution is 5.31. The second-order valence-electron chi connectivity index (χ2n) is 4.70. The van der Waals surface area contributed by atoms with E-state index in [1.807, 2.05) is 18.2 Å². The van der Waals surface area contributed by atoms with Crippen LogP contribution in [0.1, 0.15) is 25.3 Å². The van der Waals surface area contributed by atoms with E-state index in [1.165, 1.54) is 0 Å². The Hall–Kier alpha value is -1.06. The predicted molar refractivity (Wildman–Crippen MR) is 63.4 cm³/mol. The molecular weight excluding hydrogens is 202 g/mol. The summed E-state index contributed by atoms with van der Waals surface area (Å²) in [7, 11) is 0. The summed E-state index contributed by atoms with van der Waals surface area (Å²) in [4.78, 5) is 0. The molecule has 2 N–H and O–H groups in total. The predicted octanol–water partition coefficient (Wildman–Crippen LogP) is 2.05. The molecule has 88 valence electrons. The zero-order chi connectivity index (χ0) is 11.4. The monoisotopic (exact) mass is 221 g/mol. The van der Waals surface area contributed by atoms with Crippen molar-refractivity contribution in [2.75, 3.05) is 13.2 Å². The van der Waals surface area contributed by atoms with Crippen LogP contribution in [0.15, 0.2) is 24.3 Å². The summed E-state index contributed by atoms with van der Waals surface area (Å²) >= 11 is 0. The van der Waals surface area contributed by atoms with Crippen LogP contribution in [0.3, 0.4) is 0 Å². The molecule has 0 aromatic heterocycles. The Balaban J connectivity index is 1.94. The molecule has 3 heteroatoms. The molecule has 0 aliphatic carbocycles. The number of ether oxygens (including phenoxy) is 1.